The van der Waals surface area contributed by atoms with Crippen molar-refractivity contribution in [1.29, 1.82) is 0 Å². The molecule has 2 bridgehead atoms. The minimum absolute atomic E-state index is 0.431. The van der Waals surface area contributed by atoms with E-state index in [-0.39, 0.29) is 0 Å². The van der Waals surface area contributed by atoms with E-state index in [0.717, 1.165) is 12.8 Å². The predicted molar refractivity (Wildman–Crippen MR) is 52.5 cm³/mol. The Morgan fingerprint density at radius 1 is 1.38 bits per heavy atom. The SMILES string of the molecule is CCON=C1CC2CCC(C1)C2N. The van der Waals surface area contributed by atoms with E-state index in [4.69, 9.17) is 10.6 Å². The number of nitrogens with two attached hydrogens (primary N) is 1. The maximum absolute atomic E-state index is 6.08. The Labute approximate surface area is 79.3 Å². The van der Waals surface area contributed by atoms with Gasteiger partial charge in [0.25, 0.3) is 0 Å². The summed E-state index contributed by atoms with van der Waals surface area (Å²) in [5.74, 6) is 1.36. The van der Waals surface area contributed by atoms with Crippen LogP contribution in [0.15, 0.2) is 5.16 Å². The Hall–Kier alpha value is -0.570. The maximum Gasteiger partial charge on any atom is 0.114 e. The molecule has 0 saturated heterocycles. The van der Waals surface area contributed by atoms with Crippen LogP contribution in [0.3, 0.4) is 0 Å². The van der Waals surface area contributed by atoms with Gasteiger partial charge in [0.1, 0.15) is 6.61 Å². The number of oxime groups is 1. The highest BCUT2D eigenvalue weighted by Gasteiger charge is 2.39. The lowest BCUT2D eigenvalue weighted by Crippen LogP contribution is -2.37. The van der Waals surface area contributed by atoms with E-state index in [1.165, 1.54) is 18.6 Å². The highest BCUT2D eigenvalue weighted by atomic mass is 16.6. The van der Waals surface area contributed by atoms with Crippen LogP contribution in [0.4, 0.5) is 0 Å². The molecule has 2 N–H and O–H groups in total. The normalized spacial score (nSPS) is 37.7. The number of hydrogen-bond donors (Lipinski definition) is 1. The first-order valence-corrected chi connectivity index (χ1v) is 5.24. The van der Waals surface area contributed by atoms with Crippen LogP contribution in [0.2, 0.25) is 0 Å². The van der Waals surface area contributed by atoms with Crippen LogP contribution in [0, 0.1) is 11.8 Å². The van der Waals surface area contributed by atoms with E-state index in [1.807, 2.05) is 6.92 Å². The first-order chi connectivity index (χ1) is 6.31. The fourth-order valence-electron chi connectivity index (χ4n) is 2.59. The monoisotopic (exact) mass is 182 g/mol. The van der Waals surface area contributed by atoms with Crippen molar-refractivity contribution in [3.05, 3.63) is 0 Å². The summed E-state index contributed by atoms with van der Waals surface area (Å²) in [7, 11) is 0. The Balaban J connectivity index is 1.98. The second-order valence-electron chi connectivity index (χ2n) is 4.16. The summed E-state index contributed by atoms with van der Waals surface area (Å²) in [6.45, 7) is 2.64. The van der Waals surface area contributed by atoms with Crippen LogP contribution in [0.25, 0.3) is 0 Å². The van der Waals surface area contributed by atoms with Gasteiger partial charge in [0.2, 0.25) is 0 Å². The molecular weight excluding hydrogens is 164 g/mol. The number of fused-ring (bicyclic) bond motifs is 2. The predicted octanol–water partition coefficient (Wildman–Crippen LogP) is 1.53. The van der Waals surface area contributed by atoms with Crippen molar-refractivity contribution >= 4 is 5.71 Å². The van der Waals surface area contributed by atoms with Gasteiger partial charge in [-0.1, -0.05) is 5.16 Å². The van der Waals surface area contributed by atoms with Crippen molar-refractivity contribution in [1.82, 2.24) is 0 Å². The van der Waals surface area contributed by atoms with E-state index >= 15 is 0 Å². The van der Waals surface area contributed by atoms with Crippen molar-refractivity contribution in [2.45, 2.75) is 38.6 Å². The largest absolute Gasteiger partial charge is 0.396 e. The van der Waals surface area contributed by atoms with Gasteiger partial charge in [-0.15, -0.1) is 0 Å². The van der Waals surface area contributed by atoms with E-state index in [9.17, 15) is 0 Å². The molecule has 0 aromatic heterocycles. The van der Waals surface area contributed by atoms with E-state index in [2.05, 4.69) is 5.16 Å². The molecule has 0 radical (unpaired) electrons. The van der Waals surface area contributed by atoms with Crippen LogP contribution in [0.1, 0.15) is 32.6 Å². The zero-order chi connectivity index (χ0) is 9.26. The van der Waals surface area contributed by atoms with Crippen molar-refractivity contribution in [2.24, 2.45) is 22.7 Å². The first-order valence-electron chi connectivity index (χ1n) is 5.24. The molecule has 0 heterocycles. The second-order valence-corrected chi connectivity index (χ2v) is 4.16. The number of hydrogen-bond acceptors (Lipinski definition) is 3. The lowest BCUT2D eigenvalue weighted by atomic mass is 9.83. The molecule has 0 aromatic rings. The van der Waals surface area contributed by atoms with Gasteiger partial charge in [-0.05, 0) is 44.4 Å². The van der Waals surface area contributed by atoms with E-state index in [1.54, 1.807) is 0 Å². The third-order valence-corrected chi connectivity index (χ3v) is 3.32. The molecule has 0 amide bonds. The van der Waals surface area contributed by atoms with Crippen molar-refractivity contribution in [3.63, 3.8) is 0 Å². The lowest BCUT2D eigenvalue weighted by molar-refractivity contribution is 0.155. The van der Waals surface area contributed by atoms with Crippen molar-refractivity contribution in [3.8, 4) is 0 Å². The molecule has 2 rings (SSSR count). The summed E-state index contributed by atoms with van der Waals surface area (Å²) < 4.78 is 0. The van der Waals surface area contributed by atoms with Crippen molar-refractivity contribution in [2.75, 3.05) is 6.61 Å². The Morgan fingerprint density at radius 2 is 2.00 bits per heavy atom. The molecule has 3 nitrogen and oxygen atoms in total. The molecule has 0 aromatic carbocycles. The van der Waals surface area contributed by atoms with Gasteiger partial charge in [-0.2, -0.15) is 0 Å². The molecule has 3 heteroatoms. The topological polar surface area (TPSA) is 47.6 Å². The van der Waals surface area contributed by atoms with Crippen LogP contribution >= 0.6 is 0 Å². The summed E-state index contributed by atoms with van der Waals surface area (Å²) in [6, 6.07) is 0.431. The van der Waals surface area contributed by atoms with Gasteiger partial charge in [-0.3, -0.25) is 0 Å². The molecule has 2 fully saturated rings. The van der Waals surface area contributed by atoms with Crippen LogP contribution < -0.4 is 5.73 Å². The quantitative estimate of drug-likeness (QED) is 0.658. The summed E-state index contributed by atoms with van der Waals surface area (Å²) in [5.41, 5.74) is 7.31. The van der Waals surface area contributed by atoms with Crippen LogP contribution in [0.5, 0.6) is 0 Å². The smallest absolute Gasteiger partial charge is 0.114 e. The zero-order valence-electron chi connectivity index (χ0n) is 8.20. The Kier molecular flexibility index (Phi) is 2.54. The standard InChI is InChI=1S/C10H18N2O/c1-2-13-12-9-5-7-3-4-8(6-9)10(7)11/h7-8,10H,2-6,11H2,1H3. The van der Waals surface area contributed by atoms with E-state index in [0.29, 0.717) is 24.5 Å². The van der Waals surface area contributed by atoms with E-state index < -0.39 is 0 Å². The average Bonchev–Trinajstić information content (AvgIpc) is 2.41. The Morgan fingerprint density at radius 3 is 2.54 bits per heavy atom. The zero-order valence-corrected chi connectivity index (χ0v) is 8.20. The van der Waals surface area contributed by atoms with Gasteiger partial charge in [0.15, 0.2) is 0 Å². The molecule has 2 saturated carbocycles. The third kappa shape index (κ3) is 1.70. The second kappa shape index (κ2) is 3.66. The third-order valence-electron chi connectivity index (χ3n) is 3.32. The fraction of sp³-hybridized carbons (Fsp3) is 0.900. The molecule has 74 valence electrons. The minimum atomic E-state index is 0.431. The molecule has 2 unspecified atom stereocenters. The van der Waals surface area contributed by atoms with Crippen LogP contribution in [-0.2, 0) is 4.84 Å². The molecule has 13 heavy (non-hydrogen) atoms. The van der Waals surface area contributed by atoms with Gasteiger partial charge in [-0.25, -0.2) is 0 Å². The van der Waals surface area contributed by atoms with Gasteiger partial charge >= 0.3 is 0 Å². The molecule has 2 aliphatic rings. The molecular formula is C10H18N2O. The fourth-order valence-corrected chi connectivity index (χ4v) is 2.59. The van der Waals surface area contributed by atoms with Gasteiger partial charge in [0.05, 0.1) is 5.71 Å². The summed E-state index contributed by atoms with van der Waals surface area (Å²) >= 11 is 0. The number of nitrogens with zero attached hydrogens (tertiary/aromatic N) is 1. The maximum atomic E-state index is 6.08. The molecule has 2 atom stereocenters. The highest BCUT2D eigenvalue weighted by molar-refractivity contribution is 5.85. The van der Waals surface area contributed by atoms with Crippen LogP contribution in [-0.4, -0.2) is 18.4 Å². The first kappa shape index (κ1) is 9.00. The summed E-state index contributed by atoms with van der Waals surface area (Å²) in [6.07, 6.45) is 4.71. The van der Waals surface area contributed by atoms with Gasteiger partial charge in [0, 0.05) is 6.04 Å². The molecule has 0 aliphatic heterocycles. The minimum Gasteiger partial charge on any atom is -0.396 e. The average molecular weight is 182 g/mol. The molecule has 2 aliphatic carbocycles. The summed E-state index contributed by atoms with van der Waals surface area (Å²) in [5, 5.41) is 4.14. The van der Waals surface area contributed by atoms with Crippen molar-refractivity contribution < 1.29 is 4.84 Å². The van der Waals surface area contributed by atoms with Gasteiger partial charge < -0.3 is 10.6 Å². The summed E-state index contributed by atoms with van der Waals surface area (Å²) in [4.78, 5) is 5.08. The lowest BCUT2D eigenvalue weighted by Gasteiger charge is -2.27. The molecule has 0 spiro atoms. The highest BCUT2D eigenvalue weighted by Crippen LogP contribution is 2.39. The Bertz CT molecular complexity index is 199. The number of rotatable bonds is 2.